The molecule has 7 heteroatoms. The molecule has 166 valence electrons. The summed E-state index contributed by atoms with van der Waals surface area (Å²) in [5, 5.41) is 14.2. The molecular formula is C26H23N3O4. The van der Waals surface area contributed by atoms with E-state index in [0.717, 1.165) is 28.0 Å². The minimum absolute atomic E-state index is 0.0909. The van der Waals surface area contributed by atoms with E-state index in [4.69, 9.17) is 0 Å². The second-order valence-electron chi connectivity index (χ2n) is 7.94. The molecule has 0 fully saturated rings. The van der Waals surface area contributed by atoms with E-state index in [1.165, 1.54) is 24.3 Å². The Morgan fingerprint density at radius 3 is 2.12 bits per heavy atom. The number of carbonyl (C=O) groups excluding carboxylic acids is 2. The number of nitrogens with one attached hydrogen (secondary N) is 1. The molecular weight excluding hydrogens is 418 g/mol. The number of rotatable bonds is 6. The van der Waals surface area contributed by atoms with Gasteiger partial charge in [0.2, 0.25) is 0 Å². The number of imide groups is 1. The first-order chi connectivity index (χ1) is 15.8. The maximum absolute atomic E-state index is 13.5. The Kier molecular flexibility index (Phi) is 5.79. The van der Waals surface area contributed by atoms with Crippen molar-refractivity contribution in [2.75, 3.05) is 10.2 Å². The third-order valence-electron chi connectivity index (χ3n) is 5.83. The number of anilines is 2. The summed E-state index contributed by atoms with van der Waals surface area (Å²) in [7, 11) is 0. The molecule has 0 saturated carbocycles. The summed E-state index contributed by atoms with van der Waals surface area (Å²) in [5.41, 5.74) is 5.04. The lowest BCUT2D eigenvalue weighted by atomic mass is 10.0. The normalized spacial score (nSPS) is 13.6. The van der Waals surface area contributed by atoms with Crippen LogP contribution in [0.1, 0.15) is 29.2 Å². The van der Waals surface area contributed by atoms with E-state index in [9.17, 15) is 19.7 Å². The maximum atomic E-state index is 13.5. The van der Waals surface area contributed by atoms with Crippen LogP contribution in [0, 0.1) is 24.0 Å². The maximum Gasteiger partial charge on any atom is 0.282 e. The zero-order valence-corrected chi connectivity index (χ0v) is 18.6. The Hall–Kier alpha value is -4.26. The fourth-order valence-electron chi connectivity index (χ4n) is 3.74. The van der Waals surface area contributed by atoms with Crippen LogP contribution in [-0.2, 0) is 16.0 Å². The van der Waals surface area contributed by atoms with Gasteiger partial charge in [-0.25, -0.2) is 4.90 Å². The van der Waals surface area contributed by atoms with Gasteiger partial charge in [0.1, 0.15) is 5.70 Å². The van der Waals surface area contributed by atoms with Gasteiger partial charge in [0, 0.05) is 17.8 Å². The smallest absolute Gasteiger partial charge is 0.282 e. The molecule has 7 nitrogen and oxygen atoms in total. The lowest BCUT2D eigenvalue weighted by Crippen LogP contribution is -2.32. The van der Waals surface area contributed by atoms with Crippen molar-refractivity contribution >= 4 is 34.4 Å². The lowest BCUT2D eigenvalue weighted by molar-refractivity contribution is -0.384. The third kappa shape index (κ3) is 4.13. The minimum atomic E-state index is -0.504. The van der Waals surface area contributed by atoms with E-state index in [0.29, 0.717) is 16.9 Å². The number of non-ortho nitro benzene ring substituents is 1. The van der Waals surface area contributed by atoms with Gasteiger partial charge in [-0.2, -0.15) is 0 Å². The van der Waals surface area contributed by atoms with E-state index in [2.05, 4.69) is 5.32 Å². The predicted octanol–water partition coefficient (Wildman–Crippen LogP) is 5.17. The largest absolute Gasteiger partial charge is 0.350 e. The molecule has 0 aliphatic carbocycles. The van der Waals surface area contributed by atoms with Crippen LogP contribution < -0.4 is 10.2 Å². The van der Waals surface area contributed by atoms with Gasteiger partial charge in [-0.1, -0.05) is 25.1 Å². The Bertz CT molecular complexity index is 1290. The Balaban J connectivity index is 1.80. The SMILES string of the molecule is CCc1ccc(N2C(=O)C(Nc3ccc(C)c(C)c3)=C(c3ccc([N+](=O)[O-])cc3)C2=O)cc1. The summed E-state index contributed by atoms with van der Waals surface area (Å²) in [6.07, 6.45) is 0.841. The highest BCUT2D eigenvalue weighted by Gasteiger charge is 2.40. The van der Waals surface area contributed by atoms with Crippen molar-refractivity contribution in [1.82, 2.24) is 0 Å². The average molecular weight is 441 g/mol. The first kappa shape index (κ1) is 22.0. The topological polar surface area (TPSA) is 92.6 Å². The molecule has 0 radical (unpaired) electrons. The van der Waals surface area contributed by atoms with E-state index < -0.39 is 16.7 Å². The number of nitro benzene ring substituents is 1. The number of amides is 2. The zero-order chi connectivity index (χ0) is 23.7. The van der Waals surface area contributed by atoms with E-state index in [1.807, 2.05) is 51.1 Å². The molecule has 0 saturated heterocycles. The fourth-order valence-corrected chi connectivity index (χ4v) is 3.74. The van der Waals surface area contributed by atoms with Crippen LogP contribution >= 0.6 is 0 Å². The molecule has 3 aromatic carbocycles. The number of carbonyl (C=O) groups is 2. The molecule has 1 aliphatic rings. The van der Waals surface area contributed by atoms with E-state index in [-0.39, 0.29) is 17.0 Å². The van der Waals surface area contributed by atoms with Crippen LogP contribution in [0.2, 0.25) is 0 Å². The second-order valence-corrected chi connectivity index (χ2v) is 7.94. The van der Waals surface area contributed by atoms with Crippen molar-refractivity contribution < 1.29 is 14.5 Å². The quantitative estimate of drug-likeness (QED) is 0.324. The molecule has 1 heterocycles. The molecule has 3 aromatic rings. The molecule has 0 unspecified atom stereocenters. The van der Waals surface area contributed by atoms with Crippen LogP contribution in [0.5, 0.6) is 0 Å². The van der Waals surface area contributed by atoms with Crippen molar-refractivity contribution in [3.05, 3.63) is 105 Å². The summed E-state index contributed by atoms with van der Waals surface area (Å²) in [4.78, 5) is 38.6. The summed E-state index contributed by atoms with van der Waals surface area (Å²) in [5.74, 6) is -0.958. The third-order valence-corrected chi connectivity index (χ3v) is 5.83. The van der Waals surface area contributed by atoms with Gasteiger partial charge in [-0.05, 0) is 78.9 Å². The van der Waals surface area contributed by atoms with Gasteiger partial charge in [-0.15, -0.1) is 0 Å². The zero-order valence-electron chi connectivity index (χ0n) is 18.6. The Morgan fingerprint density at radius 1 is 0.879 bits per heavy atom. The van der Waals surface area contributed by atoms with Crippen LogP contribution in [-0.4, -0.2) is 16.7 Å². The predicted molar refractivity (Wildman–Crippen MR) is 128 cm³/mol. The highest BCUT2D eigenvalue weighted by Crippen LogP contribution is 2.34. The van der Waals surface area contributed by atoms with Gasteiger partial charge >= 0.3 is 0 Å². The van der Waals surface area contributed by atoms with Crippen LogP contribution in [0.15, 0.2) is 72.4 Å². The van der Waals surface area contributed by atoms with Crippen LogP contribution in [0.25, 0.3) is 5.57 Å². The molecule has 0 aromatic heterocycles. The van der Waals surface area contributed by atoms with Gasteiger partial charge in [0.25, 0.3) is 17.5 Å². The number of hydrogen-bond acceptors (Lipinski definition) is 5. The standard InChI is InChI=1S/C26H23N3O4/c1-4-18-6-11-21(12-7-18)28-25(30)23(19-8-13-22(14-9-19)29(32)33)24(26(28)31)27-20-10-5-16(2)17(3)15-20/h5-15,27H,4H2,1-3H3. The van der Waals surface area contributed by atoms with E-state index >= 15 is 0 Å². The number of benzene rings is 3. The molecule has 1 aliphatic heterocycles. The van der Waals surface area contributed by atoms with Crippen molar-refractivity contribution in [2.45, 2.75) is 27.2 Å². The molecule has 4 rings (SSSR count). The van der Waals surface area contributed by atoms with Crippen molar-refractivity contribution in [3.63, 3.8) is 0 Å². The lowest BCUT2D eigenvalue weighted by Gasteiger charge is -2.16. The second kappa shape index (κ2) is 8.70. The molecule has 0 atom stereocenters. The van der Waals surface area contributed by atoms with Crippen LogP contribution in [0.4, 0.5) is 17.1 Å². The van der Waals surface area contributed by atoms with Gasteiger partial charge in [0.05, 0.1) is 16.2 Å². The van der Waals surface area contributed by atoms with Gasteiger partial charge in [-0.3, -0.25) is 19.7 Å². The van der Waals surface area contributed by atoms with Crippen molar-refractivity contribution in [3.8, 4) is 0 Å². The van der Waals surface area contributed by atoms with Crippen LogP contribution in [0.3, 0.4) is 0 Å². The summed E-state index contributed by atoms with van der Waals surface area (Å²) in [6, 6.07) is 18.6. The molecule has 1 N–H and O–H groups in total. The molecule has 0 spiro atoms. The molecule has 33 heavy (non-hydrogen) atoms. The van der Waals surface area contributed by atoms with Crippen molar-refractivity contribution in [1.29, 1.82) is 0 Å². The summed E-state index contributed by atoms with van der Waals surface area (Å²) < 4.78 is 0. The minimum Gasteiger partial charge on any atom is -0.350 e. The molecule has 2 amide bonds. The monoisotopic (exact) mass is 441 g/mol. The van der Waals surface area contributed by atoms with Crippen molar-refractivity contribution in [2.24, 2.45) is 0 Å². The Labute approximate surface area is 191 Å². The highest BCUT2D eigenvalue weighted by molar-refractivity contribution is 6.46. The number of nitro groups is 1. The highest BCUT2D eigenvalue weighted by atomic mass is 16.6. The van der Waals surface area contributed by atoms with Gasteiger partial charge < -0.3 is 5.32 Å². The Morgan fingerprint density at radius 2 is 1.55 bits per heavy atom. The summed E-state index contributed by atoms with van der Waals surface area (Å²) >= 11 is 0. The first-order valence-corrected chi connectivity index (χ1v) is 10.6. The first-order valence-electron chi connectivity index (χ1n) is 10.6. The van der Waals surface area contributed by atoms with Gasteiger partial charge in [0.15, 0.2) is 0 Å². The number of nitrogens with zero attached hydrogens (tertiary/aromatic N) is 2. The van der Waals surface area contributed by atoms with E-state index in [1.54, 1.807) is 12.1 Å². The summed E-state index contributed by atoms with van der Waals surface area (Å²) in [6.45, 7) is 5.99. The molecule has 0 bridgehead atoms. The fraction of sp³-hybridized carbons (Fsp3) is 0.154. The average Bonchev–Trinajstić information content (AvgIpc) is 3.05. The number of aryl methyl sites for hydroxylation is 3. The number of hydrogen-bond donors (Lipinski definition) is 1.